The number of aryl methyl sites for hydroxylation is 1. The Morgan fingerprint density at radius 1 is 0.957 bits per heavy atom. The van der Waals surface area contributed by atoms with Gasteiger partial charge in [0, 0.05) is 0 Å². The topological polar surface area (TPSA) is 68.6 Å². The van der Waals surface area contributed by atoms with Crippen molar-refractivity contribution in [2.24, 2.45) is 0 Å². The molecule has 0 unspecified atom stereocenters. The average Bonchev–Trinajstić information content (AvgIpc) is 2.59. The second-order valence-electron chi connectivity index (χ2n) is 4.81. The van der Waals surface area contributed by atoms with Crippen molar-refractivity contribution < 1.29 is 19.0 Å². The molecule has 23 heavy (non-hydrogen) atoms. The minimum absolute atomic E-state index is 0.156. The summed E-state index contributed by atoms with van der Waals surface area (Å²) >= 11 is 0. The Bertz CT molecular complexity index is 672. The smallest absolute Gasteiger partial charge is 0.344 e. The van der Waals surface area contributed by atoms with Gasteiger partial charge in [-0.3, -0.25) is 0 Å². The summed E-state index contributed by atoms with van der Waals surface area (Å²) in [4.78, 5) is 11.5. The van der Waals surface area contributed by atoms with E-state index >= 15 is 0 Å². The monoisotopic (exact) mass is 311 g/mol. The van der Waals surface area contributed by atoms with Crippen molar-refractivity contribution in [1.82, 2.24) is 0 Å². The maximum Gasteiger partial charge on any atom is 0.344 e. The maximum absolute atomic E-state index is 11.5. The molecule has 5 nitrogen and oxygen atoms in total. The number of hydrogen-bond donors (Lipinski definition) is 0. The molecule has 5 heteroatoms. The Morgan fingerprint density at radius 2 is 1.57 bits per heavy atom. The molecule has 118 valence electrons. The average molecular weight is 311 g/mol. The van der Waals surface area contributed by atoms with Crippen LogP contribution in [0.1, 0.15) is 11.1 Å². The van der Waals surface area contributed by atoms with E-state index in [0.717, 1.165) is 11.3 Å². The standard InChI is InChI=1S/C18H17NO4/c1-14-2-6-16(7-3-14)21-10-11-22-18(20)13-23-17-8-4-15(12-19)5-9-17/h2-9H,10-11,13H2,1H3. The van der Waals surface area contributed by atoms with E-state index in [0.29, 0.717) is 11.3 Å². The summed E-state index contributed by atoms with van der Waals surface area (Å²) in [7, 11) is 0. The maximum atomic E-state index is 11.5. The van der Waals surface area contributed by atoms with Crippen LogP contribution in [0.15, 0.2) is 48.5 Å². The molecular weight excluding hydrogens is 294 g/mol. The minimum Gasteiger partial charge on any atom is -0.490 e. The second-order valence-corrected chi connectivity index (χ2v) is 4.81. The molecule has 2 aromatic carbocycles. The van der Waals surface area contributed by atoms with E-state index in [4.69, 9.17) is 19.5 Å². The lowest BCUT2D eigenvalue weighted by atomic mass is 10.2. The van der Waals surface area contributed by atoms with Crippen LogP contribution in [0.3, 0.4) is 0 Å². The predicted octanol–water partition coefficient (Wildman–Crippen LogP) is 2.87. The quantitative estimate of drug-likeness (QED) is 0.581. The van der Waals surface area contributed by atoms with Gasteiger partial charge >= 0.3 is 5.97 Å². The molecule has 0 saturated carbocycles. The summed E-state index contributed by atoms with van der Waals surface area (Å²) in [6.07, 6.45) is 0. The van der Waals surface area contributed by atoms with Crippen molar-refractivity contribution in [2.45, 2.75) is 6.92 Å². The first-order chi connectivity index (χ1) is 11.2. The normalized spacial score (nSPS) is 9.74. The molecule has 0 saturated heterocycles. The lowest BCUT2D eigenvalue weighted by molar-refractivity contribution is -0.146. The molecular formula is C18H17NO4. The molecule has 2 aromatic rings. The van der Waals surface area contributed by atoms with Gasteiger partial charge in [0.15, 0.2) is 6.61 Å². The number of carbonyl (C=O) groups is 1. The van der Waals surface area contributed by atoms with Crippen molar-refractivity contribution in [3.8, 4) is 17.6 Å². The van der Waals surface area contributed by atoms with Crippen LogP contribution >= 0.6 is 0 Å². The Balaban J connectivity index is 1.63. The third kappa shape index (κ3) is 5.71. The number of carbonyl (C=O) groups excluding carboxylic acids is 1. The molecule has 0 spiro atoms. The van der Waals surface area contributed by atoms with Gasteiger partial charge in [0.25, 0.3) is 0 Å². The molecule has 0 aliphatic heterocycles. The molecule has 0 bridgehead atoms. The van der Waals surface area contributed by atoms with Gasteiger partial charge in [-0.05, 0) is 43.3 Å². The first-order valence-corrected chi connectivity index (χ1v) is 7.15. The van der Waals surface area contributed by atoms with Gasteiger partial charge in [-0.25, -0.2) is 4.79 Å². The molecule has 0 aliphatic carbocycles. The van der Waals surface area contributed by atoms with Crippen LogP contribution < -0.4 is 9.47 Å². The Hall–Kier alpha value is -3.00. The highest BCUT2D eigenvalue weighted by Gasteiger charge is 2.04. The van der Waals surface area contributed by atoms with Crippen molar-refractivity contribution in [2.75, 3.05) is 19.8 Å². The highest BCUT2D eigenvalue weighted by Crippen LogP contribution is 2.12. The molecule has 0 atom stereocenters. The van der Waals surface area contributed by atoms with E-state index < -0.39 is 5.97 Å². The largest absolute Gasteiger partial charge is 0.490 e. The fourth-order valence-electron chi connectivity index (χ4n) is 1.76. The summed E-state index contributed by atoms with van der Waals surface area (Å²) < 4.78 is 15.7. The van der Waals surface area contributed by atoms with Crippen molar-refractivity contribution in [3.63, 3.8) is 0 Å². The zero-order chi connectivity index (χ0) is 16.5. The third-order valence-corrected chi connectivity index (χ3v) is 2.98. The van der Waals surface area contributed by atoms with Crippen molar-refractivity contribution >= 4 is 5.97 Å². The van der Waals surface area contributed by atoms with Crippen LogP contribution in [0, 0.1) is 18.3 Å². The second kappa shape index (κ2) is 8.44. The van der Waals surface area contributed by atoms with Gasteiger partial charge < -0.3 is 14.2 Å². The third-order valence-electron chi connectivity index (χ3n) is 2.98. The number of esters is 1. The molecule has 0 aromatic heterocycles. The Kier molecular flexibility index (Phi) is 6.01. The molecule has 0 radical (unpaired) electrons. The van der Waals surface area contributed by atoms with E-state index in [1.165, 1.54) is 0 Å². The van der Waals surface area contributed by atoms with E-state index in [9.17, 15) is 4.79 Å². The first kappa shape index (κ1) is 16.4. The number of nitrogens with zero attached hydrogens (tertiary/aromatic N) is 1. The van der Waals surface area contributed by atoms with E-state index in [-0.39, 0.29) is 19.8 Å². The van der Waals surface area contributed by atoms with E-state index in [2.05, 4.69) is 0 Å². The number of rotatable bonds is 7. The molecule has 0 amide bonds. The van der Waals surface area contributed by atoms with Crippen LogP contribution in [0.2, 0.25) is 0 Å². The lowest BCUT2D eigenvalue weighted by Crippen LogP contribution is -2.18. The van der Waals surface area contributed by atoms with Crippen LogP contribution in [0.5, 0.6) is 11.5 Å². The SMILES string of the molecule is Cc1ccc(OCCOC(=O)COc2ccc(C#N)cc2)cc1. The predicted molar refractivity (Wildman–Crippen MR) is 84.3 cm³/mol. The molecule has 2 rings (SSSR count). The van der Waals surface area contributed by atoms with Gasteiger partial charge in [0.05, 0.1) is 11.6 Å². The number of nitriles is 1. The van der Waals surface area contributed by atoms with Crippen LogP contribution in [-0.4, -0.2) is 25.8 Å². The Labute approximate surface area is 135 Å². The lowest BCUT2D eigenvalue weighted by Gasteiger charge is -2.08. The molecule has 0 N–H and O–H groups in total. The van der Waals surface area contributed by atoms with Crippen LogP contribution in [-0.2, 0) is 9.53 Å². The van der Waals surface area contributed by atoms with Gasteiger partial charge in [-0.2, -0.15) is 5.26 Å². The summed E-state index contributed by atoms with van der Waals surface area (Å²) in [5.74, 6) is 0.777. The highest BCUT2D eigenvalue weighted by atomic mass is 16.6. The highest BCUT2D eigenvalue weighted by molar-refractivity contribution is 5.71. The Morgan fingerprint density at radius 3 is 2.22 bits per heavy atom. The molecule has 0 aliphatic rings. The van der Waals surface area contributed by atoms with E-state index in [1.54, 1.807) is 24.3 Å². The van der Waals surface area contributed by atoms with Gasteiger partial charge in [-0.1, -0.05) is 17.7 Å². The van der Waals surface area contributed by atoms with Crippen LogP contribution in [0.4, 0.5) is 0 Å². The molecule has 0 fully saturated rings. The summed E-state index contributed by atoms with van der Waals surface area (Å²) in [5, 5.41) is 8.69. The van der Waals surface area contributed by atoms with Gasteiger partial charge in [0.1, 0.15) is 24.7 Å². The summed E-state index contributed by atoms with van der Waals surface area (Å²) in [6, 6.07) is 16.1. The zero-order valence-electron chi connectivity index (χ0n) is 12.8. The molecule has 0 heterocycles. The fourth-order valence-corrected chi connectivity index (χ4v) is 1.76. The van der Waals surface area contributed by atoms with E-state index in [1.807, 2.05) is 37.3 Å². The van der Waals surface area contributed by atoms with Crippen molar-refractivity contribution in [3.05, 3.63) is 59.7 Å². The van der Waals surface area contributed by atoms with Gasteiger partial charge in [-0.15, -0.1) is 0 Å². The number of benzene rings is 2. The minimum atomic E-state index is -0.470. The first-order valence-electron chi connectivity index (χ1n) is 7.15. The van der Waals surface area contributed by atoms with Crippen LogP contribution in [0.25, 0.3) is 0 Å². The number of hydrogen-bond acceptors (Lipinski definition) is 5. The van der Waals surface area contributed by atoms with Gasteiger partial charge in [0.2, 0.25) is 0 Å². The fraction of sp³-hybridized carbons (Fsp3) is 0.222. The summed E-state index contributed by atoms with van der Waals surface area (Å²) in [6.45, 7) is 2.25. The summed E-state index contributed by atoms with van der Waals surface area (Å²) in [5.41, 5.74) is 1.69. The zero-order valence-corrected chi connectivity index (χ0v) is 12.8. The van der Waals surface area contributed by atoms with Crippen molar-refractivity contribution in [1.29, 1.82) is 5.26 Å². The number of ether oxygens (including phenoxy) is 3.